The molecule has 0 fully saturated rings. The van der Waals surface area contributed by atoms with Gasteiger partial charge in [0, 0.05) is 19.0 Å². The van der Waals surface area contributed by atoms with Crippen LogP contribution in [0.1, 0.15) is 5.69 Å². The first-order valence-corrected chi connectivity index (χ1v) is 5.52. The van der Waals surface area contributed by atoms with Crippen LogP contribution in [0.2, 0.25) is 0 Å². The molecule has 0 spiro atoms. The number of ether oxygens (including phenoxy) is 1. The van der Waals surface area contributed by atoms with E-state index in [2.05, 4.69) is 15.6 Å². The highest BCUT2D eigenvalue weighted by molar-refractivity contribution is 7.13. The van der Waals surface area contributed by atoms with Crippen LogP contribution in [-0.2, 0) is 9.53 Å². The zero-order valence-corrected chi connectivity index (χ0v) is 10.9. The third-order valence-electron chi connectivity index (χ3n) is 1.63. The Morgan fingerprint density at radius 3 is 2.94 bits per heavy atom. The molecule has 0 aliphatic carbocycles. The van der Waals surface area contributed by atoms with Gasteiger partial charge in [-0.1, -0.05) is 0 Å². The highest BCUT2D eigenvalue weighted by Crippen LogP contribution is 2.13. The second kappa shape index (κ2) is 8.46. The monoisotopic (exact) mass is 265 g/mol. The molecule has 16 heavy (non-hydrogen) atoms. The molecule has 0 aromatic carbocycles. The van der Waals surface area contributed by atoms with E-state index >= 15 is 0 Å². The molecule has 0 aliphatic heterocycles. The van der Waals surface area contributed by atoms with Crippen molar-refractivity contribution in [3.63, 3.8) is 0 Å². The Bertz CT molecular complexity index is 319. The van der Waals surface area contributed by atoms with Crippen LogP contribution in [-0.4, -0.2) is 37.7 Å². The van der Waals surface area contributed by atoms with Gasteiger partial charge in [-0.25, -0.2) is 4.98 Å². The van der Waals surface area contributed by atoms with E-state index in [4.69, 9.17) is 4.74 Å². The SMILES string of the molecule is COCCNCC(=O)Nc1nc(C)cs1.Cl. The van der Waals surface area contributed by atoms with Crippen LogP contribution in [0, 0.1) is 6.92 Å². The van der Waals surface area contributed by atoms with Crippen molar-refractivity contribution in [1.29, 1.82) is 0 Å². The minimum absolute atomic E-state index is 0. The van der Waals surface area contributed by atoms with Gasteiger partial charge >= 0.3 is 0 Å². The number of anilines is 1. The van der Waals surface area contributed by atoms with E-state index < -0.39 is 0 Å². The molecule has 0 saturated heterocycles. The zero-order valence-electron chi connectivity index (χ0n) is 9.28. The maximum absolute atomic E-state index is 11.3. The van der Waals surface area contributed by atoms with E-state index in [1.54, 1.807) is 7.11 Å². The normalized spacial score (nSPS) is 9.62. The van der Waals surface area contributed by atoms with Gasteiger partial charge in [-0.15, -0.1) is 23.7 Å². The van der Waals surface area contributed by atoms with Gasteiger partial charge in [-0.3, -0.25) is 4.79 Å². The lowest BCUT2D eigenvalue weighted by atomic mass is 10.5. The van der Waals surface area contributed by atoms with Crippen molar-refractivity contribution in [2.75, 3.05) is 32.1 Å². The average molecular weight is 266 g/mol. The van der Waals surface area contributed by atoms with E-state index in [9.17, 15) is 4.79 Å². The number of carbonyl (C=O) groups excluding carboxylic acids is 1. The number of amides is 1. The maximum Gasteiger partial charge on any atom is 0.240 e. The first-order chi connectivity index (χ1) is 7.22. The fourth-order valence-electron chi connectivity index (χ4n) is 0.951. The molecule has 0 saturated carbocycles. The van der Waals surface area contributed by atoms with Crippen LogP contribution in [0.4, 0.5) is 5.13 Å². The summed E-state index contributed by atoms with van der Waals surface area (Å²) in [7, 11) is 1.63. The Kier molecular flexibility index (Phi) is 8.10. The molecular formula is C9H16ClN3O2S. The summed E-state index contributed by atoms with van der Waals surface area (Å²) in [5.74, 6) is -0.0829. The van der Waals surface area contributed by atoms with Crippen LogP contribution in [0.25, 0.3) is 0 Å². The third kappa shape index (κ3) is 6.02. The van der Waals surface area contributed by atoms with Crippen molar-refractivity contribution >= 4 is 34.8 Å². The summed E-state index contributed by atoms with van der Waals surface area (Å²) in [4.78, 5) is 15.5. The Hall–Kier alpha value is -0.690. The van der Waals surface area contributed by atoms with Gasteiger partial charge < -0.3 is 15.4 Å². The summed E-state index contributed by atoms with van der Waals surface area (Å²) >= 11 is 1.43. The van der Waals surface area contributed by atoms with Crippen molar-refractivity contribution in [2.45, 2.75) is 6.92 Å². The molecule has 0 unspecified atom stereocenters. The standard InChI is InChI=1S/C9H15N3O2S.ClH/c1-7-6-15-9(11-7)12-8(13)5-10-3-4-14-2;/h6,10H,3-5H2,1-2H3,(H,11,12,13);1H. The lowest BCUT2D eigenvalue weighted by Gasteiger charge is -2.03. The highest BCUT2D eigenvalue weighted by atomic mass is 35.5. The molecule has 2 N–H and O–H groups in total. The Balaban J connectivity index is 0.00000225. The van der Waals surface area contributed by atoms with Gasteiger partial charge in [0.1, 0.15) is 0 Å². The molecule has 1 aromatic heterocycles. The molecule has 0 atom stereocenters. The summed E-state index contributed by atoms with van der Waals surface area (Å²) in [6, 6.07) is 0. The van der Waals surface area contributed by atoms with Gasteiger partial charge in [-0.05, 0) is 6.92 Å². The molecule has 1 amide bonds. The number of methoxy groups -OCH3 is 1. The zero-order chi connectivity index (χ0) is 11.1. The molecule has 1 aromatic rings. The third-order valence-corrected chi connectivity index (χ3v) is 2.51. The molecule has 1 rings (SSSR count). The minimum atomic E-state index is -0.0829. The quantitative estimate of drug-likeness (QED) is 0.755. The number of thiazole rings is 1. The van der Waals surface area contributed by atoms with Gasteiger partial charge in [0.15, 0.2) is 5.13 Å². The number of halogens is 1. The van der Waals surface area contributed by atoms with Crippen LogP contribution < -0.4 is 10.6 Å². The summed E-state index contributed by atoms with van der Waals surface area (Å²) in [6.07, 6.45) is 0. The molecule has 0 radical (unpaired) electrons. The van der Waals surface area contributed by atoms with Gasteiger partial charge in [0.05, 0.1) is 18.8 Å². The molecule has 92 valence electrons. The van der Waals surface area contributed by atoms with Gasteiger partial charge in [0.25, 0.3) is 0 Å². The first kappa shape index (κ1) is 15.3. The number of rotatable bonds is 6. The smallest absolute Gasteiger partial charge is 0.240 e. The molecule has 1 heterocycles. The predicted molar refractivity (Wildman–Crippen MR) is 67.5 cm³/mol. The largest absolute Gasteiger partial charge is 0.383 e. The number of aromatic nitrogens is 1. The van der Waals surface area contributed by atoms with Crippen LogP contribution in [0.15, 0.2) is 5.38 Å². The van der Waals surface area contributed by atoms with Crippen molar-refractivity contribution in [2.24, 2.45) is 0 Å². The van der Waals surface area contributed by atoms with Crippen molar-refractivity contribution in [1.82, 2.24) is 10.3 Å². The van der Waals surface area contributed by atoms with Gasteiger partial charge in [-0.2, -0.15) is 0 Å². The fourth-order valence-corrected chi connectivity index (χ4v) is 1.66. The highest BCUT2D eigenvalue weighted by Gasteiger charge is 2.03. The van der Waals surface area contributed by atoms with Crippen LogP contribution in [0.3, 0.4) is 0 Å². The number of nitrogens with one attached hydrogen (secondary N) is 2. The van der Waals surface area contributed by atoms with E-state index in [1.807, 2.05) is 12.3 Å². The maximum atomic E-state index is 11.3. The molecule has 0 bridgehead atoms. The minimum Gasteiger partial charge on any atom is -0.383 e. The Morgan fingerprint density at radius 2 is 2.38 bits per heavy atom. The fraction of sp³-hybridized carbons (Fsp3) is 0.556. The molecule has 0 aliphatic rings. The van der Waals surface area contributed by atoms with E-state index in [1.165, 1.54) is 11.3 Å². The van der Waals surface area contributed by atoms with E-state index in [0.717, 1.165) is 5.69 Å². The lowest BCUT2D eigenvalue weighted by molar-refractivity contribution is -0.115. The second-order valence-corrected chi connectivity index (χ2v) is 3.87. The average Bonchev–Trinajstić information content (AvgIpc) is 2.59. The number of hydrogen-bond acceptors (Lipinski definition) is 5. The summed E-state index contributed by atoms with van der Waals surface area (Å²) in [6.45, 7) is 3.44. The van der Waals surface area contributed by atoms with Gasteiger partial charge in [0.2, 0.25) is 5.91 Å². The second-order valence-electron chi connectivity index (χ2n) is 3.01. The number of aryl methyl sites for hydroxylation is 1. The summed E-state index contributed by atoms with van der Waals surface area (Å²) in [5, 5.41) is 8.20. The Labute approximate surface area is 105 Å². The van der Waals surface area contributed by atoms with Crippen LogP contribution >= 0.6 is 23.7 Å². The van der Waals surface area contributed by atoms with E-state index in [-0.39, 0.29) is 24.9 Å². The van der Waals surface area contributed by atoms with Crippen LogP contribution in [0.5, 0.6) is 0 Å². The van der Waals surface area contributed by atoms with Crippen molar-refractivity contribution in [3.05, 3.63) is 11.1 Å². The number of carbonyl (C=O) groups is 1. The lowest BCUT2D eigenvalue weighted by Crippen LogP contribution is -2.30. The molecule has 7 heteroatoms. The topological polar surface area (TPSA) is 63.2 Å². The van der Waals surface area contributed by atoms with Crippen molar-refractivity contribution < 1.29 is 9.53 Å². The Morgan fingerprint density at radius 1 is 1.62 bits per heavy atom. The summed E-state index contributed by atoms with van der Waals surface area (Å²) in [5.41, 5.74) is 0.919. The molecule has 5 nitrogen and oxygen atoms in total. The number of nitrogens with zero attached hydrogens (tertiary/aromatic N) is 1. The predicted octanol–water partition coefficient (Wildman–Crippen LogP) is 1.05. The van der Waals surface area contributed by atoms with Crippen molar-refractivity contribution in [3.8, 4) is 0 Å². The van der Waals surface area contributed by atoms with E-state index in [0.29, 0.717) is 18.3 Å². The number of hydrogen-bond donors (Lipinski definition) is 2. The molecular weight excluding hydrogens is 250 g/mol. The first-order valence-electron chi connectivity index (χ1n) is 4.64. The summed E-state index contributed by atoms with van der Waals surface area (Å²) < 4.78 is 4.84.